The van der Waals surface area contributed by atoms with Crippen molar-refractivity contribution >= 4 is 11.6 Å². The van der Waals surface area contributed by atoms with E-state index in [9.17, 15) is 4.79 Å². The number of nitrogens with zero attached hydrogens (tertiary/aromatic N) is 1. The third kappa shape index (κ3) is 4.79. The van der Waals surface area contributed by atoms with Gasteiger partial charge in [-0.15, -0.1) is 0 Å². The van der Waals surface area contributed by atoms with Gasteiger partial charge in [0.1, 0.15) is 5.75 Å². The molecular weight excluding hydrogens is 292 g/mol. The largest absolute Gasteiger partial charge is 0.439 e. The Morgan fingerprint density at radius 1 is 1.30 bits per heavy atom. The molecule has 0 unspecified atom stereocenters. The molecule has 23 heavy (non-hydrogen) atoms. The predicted molar refractivity (Wildman–Crippen MR) is 87.6 cm³/mol. The molecule has 2 aromatic rings. The Bertz CT molecular complexity index is 640. The van der Waals surface area contributed by atoms with Crippen LogP contribution in [0, 0.1) is 0 Å². The summed E-state index contributed by atoms with van der Waals surface area (Å²) in [6, 6.07) is 12.8. The minimum Gasteiger partial charge on any atom is -0.439 e. The van der Waals surface area contributed by atoms with Crippen molar-refractivity contribution in [1.29, 1.82) is 0 Å². The average molecular weight is 312 g/mol. The number of nitrogens with one attached hydrogen (secondary N) is 1. The number of pyridine rings is 1. The molecule has 1 aliphatic heterocycles. The van der Waals surface area contributed by atoms with Gasteiger partial charge in [-0.3, -0.25) is 4.79 Å². The van der Waals surface area contributed by atoms with Gasteiger partial charge in [-0.05, 0) is 37.5 Å². The molecule has 1 fully saturated rings. The molecule has 1 aromatic heterocycles. The summed E-state index contributed by atoms with van der Waals surface area (Å²) in [4.78, 5) is 16.1. The molecule has 1 N–H and O–H groups in total. The molecule has 3 rings (SSSR count). The number of aromatic nitrogens is 1. The van der Waals surface area contributed by atoms with Crippen molar-refractivity contribution in [2.24, 2.45) is 0 Å². The van der Waals surface area contributed by atoms with E-state index in [1.807, 2.05) is 30.3 Å². The van der Waals surface area contributed by atoms with Gasteiger partial charge in [0, 0.05) is 37.0 Å². The van der Waals surface area contributed by atoms with Crippen LogP contribution in [0.2, 0.25) is 0 Å². The van der Waals surface area contributed by atoms with Gasteiger partial charge in [0.15, 0.2) is 0 Å². The second-order valence-electron chi connectivity index (χ2n) is 5.52. The highest BCUT2D eigenvalue weighted by Gasteiger charge is 2.16. The smallest absolute Gasteiger partial charge is 0.224 e. The van der Waals surface area contributed by atoms with Gasteiger partial charge >= 0.3 is 0 Å². The topological polar surface area (TPSA) is 60.5 Å². The molecule has 0 saturated carbocycles. The fraction of sp³-hybridized carbons (Fsp3) is 0.333. The van der Waals surface area contributed by atoms with Crippen molar-refractivity contribution < 1.29 is 14.3 Å². The van der Waals surface area contributed by atoms with Crippen LogP contribution in [0.5, 0.6) is 11.6 Å². The van der Waals surface area contributed by atoms with E-state index in [4.69, 9.17) is 9.47 Å². The number of hydrogen-bond donors (Lipinski definition) is 1. The number of ether oxygens (including phenoxy) is 2. The summed E-state index contributed by atoms with van der Waals surface area (Å²) in [6.45, 7) is 0.819. The summed E-state index contributed by atoms with van der Waals surface area (Å²) >= 11 is 0. The minimum atomic E-state index is -0.00418. The van der Waals surface area contributed by atoms with Crippen molar-refractivity contribution in [3.63, 3.8) is 0 Å². The van der Waals surface area contributed by atoms with E-state index >= 15 is 0 Å². The van der Waals surface area contributed by atoms with Crippen molar-refractivity contribution in [1.82, 2.24) is 4.98 Å². The third-order valence-electron chi connectivity index (χ3n) is 3.70. The Balaban J connectivity index is 1.53. The van der Waals surface area contributed by atoms with Crippen molar-refractivity contribution in [3.05, 3.63) is 48.7 Å². The summed E-state index contributed by atoms with van der Waals surface area (Å²) < 4.78 is 11.2. The highest BCUT2D eigenvalue weighted by atomic mass is 16.5. The molecule has 5 heteroatoms. The van der Waals surface area contributed by atoms with Gasteiger partial charge in [0.25, 0.3) is 0 Å². The average Bonchev–Trinajstić information content (AvgIpc) is 3.08. The number of benzene rings is 1. The second-order valence-corrected chi connectivity index (χ2v) is 5.52. The molecule has 1 amide bonds. The number of anilines is 1. The zero-order valence-corrected chi connectivity index (χ0v) is 12.9. The van der Waals surface area contributed by atoms with E-state index in [2.05, 4.69) is 10.3 Å². The SMILES string of the molecule is O=C(CC[C@H]1CCCO1)Nc1cccc(Oc2ccccn2)c1. The summed E-state index contributed by atoms with van der Waals surface area (Å²) in [5.41, 5.74) is 0.718. The molecule has 120 valence electrons. The maximum absolute atomic E-state index is 12.0. The maximum atomic E-state index is 12.0. The van der Waals surface area contributed by atoms with Gasteiger partial charge < -0.3 is 14.8 Å². The molecular formula is C18H20N2O3. The highest BCUT2D eigenvalue weighted by Crippen LogP contribution is 2.23. The van der Waals surface area contributed by atoms with Gasteiger partial charge in [-0.2, -0.15) is 0 Å². The van der Waals surface area contributed by atoms with E-state index < -0.39 is 0 Å². The van der Waals surface area contributed by atoms with Crippen LogP contribution >= 0.6 is 0 Å². The van der Waals surface area contributed by atoms with Crippen molar-refractivity contribution in [2.75, 3.05) is 11.9 Å². The second kappa shape index (κ2) is 7.74. The number of rotatable bonds is 6. The van der Waals surface area contributed by atoms with Gasteiger partial charge in [-0.1, -0.05) is 12.1 Å². The molecule has 0 aliphatic carbocycles. The predicted octanol–water partition coefficient (Wildman–Crippen LogP) is 3.77. The first-order valence-electron chi connectivity index (χ1n) is 7.90. The van der Waals surface area contributed by atoms with E-state index in [1.54, 1.807) is 18.3 Å². The van der Waals surface area contributed by atoms with Crippen molar-refractivity contribution in [2.45, 2.75) is 31.8 Å². The fourth-order valence-electron chi connectivity index (χ4n) is 2.55. The van der Waals surface area contributed by atoms with Gasteiger partial charge in [0.05, 0.1) is 6.10 Å². The minimum absolute atomic E-state index is 0.00418. The monoisotopic (exact) mass is 312 g/mol. The first-order valence-corrected chi connectivity index (χ1v) is 7.90. The molecule has 1 atom stereocenters. The Morgan fingerprint density at radius 2 is 2.26 bits per heavy atom. The molecule has 1 aromatic carbocycles. The van der Waals surface area contributed by atoms with Crippen LogP contribution in [-0.2, 0) is 9.53 Å². The van der Waals surface area contributed by atoms with E-state index in [0.717, 1.165) is 31.6 Å². The fourth-order valence-corrected chi connectivity index (χ4v) is 2.55. The number of amides is 1. The standard InChI is InChI=1S/C18H20N2O3/c21-17(10-9-15-7-4-12-22-15)20-14-5-3-6-16(13-14)23-18-8-1-2-11-19-18/h1-3,5-6,8,11,13,15H,4,7,9-10,12H2,(H,20,21)/t15-/m1/s1. The Hall–Kier alpha value is -2.40. The molecule has 0 spiro atoms. The van der Waals surface area contributed by atoms with E-state index in [-0.39, 0.29) is 12.0 Å². The maximum Gasteiger partial charge on any atom is 0.224 e. The summed E-state index contributed by atoms with van der Waals surface area (Å²) in [6.07, 6.45) is 5.30. The van der Waals surface area contributed by atoms with E-state index in [0.29, 0.717) is 18.1 Å². The summed E-state index contributed by atoms with van der Waals surface area (Å²) in [5, 5.41) is 2.90. The lowest BCUT2D eigenvalue weighted by molar-refractivity contribution is -0.116. The normalized spacial score (nSPS) is 17.0. The lowest BCUT2D eigenvalue weighted by atomic mass is 10.1. The van der Waals surface area contributed by atoms with Crippen LogP contribution in [0.4, 0.5) is 5.69 Å². The van der Waals surface area contributed by atoms with Crippen LogP contribution in [0.25, 0.3) is 0 Å². The first-order chi connectivity index (χ1) is 11.3. The highest BCUT2D eigenvalue weighted by molar-refractivity contribution is 5.90. The van der Waals surface area contributed by atoms with Crippen LogP contribution in [0.3, 0.4) is 0 Å². The van der Waals surface area contributed by atoms with E-state index in [1.165, 1.54) is 0 Å². The summed E-state index contributed by atoms with van der Waals surface area (Å²) in [7, 11) is 0. The van der Waals surface area contributed by atoms with Crippen LogP contribution in [0.15, 0.2) is 48.7 Å². The van der Waals surface area contributed by atoms with Crippen LogP contribution in [-0.4, -0.2) is 23.6 Å². The molecule has 2 heterocycles. The Labute approximate surface area is 135 Å². The zero-order valence-electron chi connectivity index (χ0n) is 12.9. The molecule has 0 radical (unpaired) electrons. The molecule has 1 aliphatic rings. The number of carbonyl (C=O) groups excluding carboxylic acids is 1. The molecule has 5 nitrogen and oxygen atoms in total. The molecule has 1 saturated heterocycles. The van der Waals surface area contributed by atoms with Crippen molar-refractivity contribution in [3.8, 4) is 11.6 Å². The lowest BCUT2D eigenvalue weighted by Crippen LogP contribution is -2.15. The Morgan fingerprint density at radius 3 is 3.04 bits per heavy atom. The zero-order chi connectivity index (χ0) is 15.9. The lowest BCUT2D eigenvalue weighted by Gasteiger charge is -2.10. The quantitative estimate of drug-likeness (QED) is 0.882. The first kappa shape index (κ1) is 15.5. The number of hydrogen-bond acceptors (Lipinski definition) is 4. The van der Waals surface area contributed by atoms with Gasteiger partial charge in [-0.25, -0.2) is 4.98 Å². The number of carbonyl (C=O) groups is 1. The van der Waals surface area contributed by atoms with Crippen LogP contribution < -0.4 is 10.1 Å². The molecule has 0 bridgehead atoms. The Kier molecular flexibility index (Phi) is 5.21. The van der Waals surface area contributed by atoms with Gasteiger partial charge in [0.2, 0.25) is 11.8 Å². The third-order valence-corrected chi connectivity index (χ3v) is 3.70. The van der Waals surface area contributed by atoms with Crippen LogP contribution in [0.1, 0.15) is 25.7 Å². The summed E-state index contributed by atoms with van der Waals surface area (Å²) in [5.74, 6) is 1.16.